The summed E-state index contributed by atoms with van der Waals surface area (Å²) in [5.74, 6) is 0.577. The van der Waals surface area contributed by atoms with Gasteiger partial charge in [-0.15, -0.1) is 0 Å². The maximum atomic E-state index is 12.6. The number of hydrogen-bond acceptors (Lipinski definition) is 6. The second kappa shape index (κ2) is 6.80. The SMILES string of the molecule is COc1ccc2onc(CC(=O)N[C@H]3CCO[C@@H]3c3ccnn3C)c2c1. The molecule has 8 nitrogen and oxygen atoms in total. The van der Waals surface area contributed by atoms with Crippen LogP contribution < -0.4 is 10.1 Å². The lowest BCUT2D eigenvalue weighted by atomic mass is 10.1. The summed E-state index contributed by atoms with van der Waals surface area (Å²) >= 11 is 0. The number of carbonyl (C=O) groups excluding carboxylic acids is 1. The molecule has 8 heteroatoms. The second-order valence-electron chi connectivity index (χ2n) is 6.30. The Hall–Kier alpha value is -2.87. The highest BCUT2D eigenvalue weighted by Gasteiger charge is 2.33. The maximum absolute atomic E-state index is 12.6. The summed E-state index contributed by atoms with van der Waals surface area (Å²) in [7, 11) is 3.46. The second-order valence-corrected chi connectivity index (χ2v) is 6.30. The van der Waals surface area contributed by atoms with Crippen molar-refractivity contribution in [1.82, 2.24) is 20.3 Å². The highest BCUT2D eigenvalue weighted by molar-refractivity contribution is 5.87. The molecule has 1 amide bonds. The summed E-state index contributed by atoms with van der Waals surface area (Å²) in [4.78, 5) is 12.6. The van der Waals surface area contributed by atoms with E-state index in [1.165, 1.54) is 0 Å². The van der Waals surface area contributed by atoms with E-state index in [9.17, 15) is 4.79 Å². The smallest absolute Gasteiger partial charge is 0.226 e. The summed E-state index contributed by atoms with van der Waals surface area (Å²) in [6.45, 7) is 0.602. The molecule has 0 aliphatic carbocycles. The lowest BCUT2D eigenvalue weighted by Gasteiger charge is -2.19. The number of hydrogen-bond donors (Lipinski definition) is 1. The third kappa shape index (κ3) is 3.03. The zero-order chi connectivity index (χ0) is 18.1. The molecule has 0 unspecified atom stereocenters. The van der Waals surface area contributed by atoms with Crippen molar-refractivity contribution in [2.24, 2.45) is 7.05 Å². The van der Waals surface area contributed by atoms with E-state index in [0.717, 1.165) is 17.5 Å². The van der Waals surface area contributed by atoms with Crippen molar-refractivity contribution in [2.75, 3.05) is 13.7 Å². The van der Waals surface area contributed by atoms with Crippen LogP contribution in [0.25, 0.3) is 11.0 Å². The number of ether oxygens (including phenoxy) is 2. The highest BCUT2D eigenvalue weighted by atomic mass is 16.5. The third-order valence-electron chi connectivity index (χ3n) is 4.67. The molecule has 1 N–H and O–H groups in total. The Labute approximate surface area is 150 Å². The first-order chi connectivity index (χ1) is 12.7. The van der Waals surface area contributed by atoms with Crippen LogP contribution in [0.2, 0.25) is 0 Å². The first-order valence-electron chi connectivity index (χ1n) is 8.47. The fraction of sp³-hybridized carbons (Fsp3) is 0.389. The summed E-state index contributed by atoms with van der Waals surface area (Å²) in [6, 6.07) is 7.22. The fourth-order valence-electron chi connectivity index (χ4n) is 3.32. The molecule has 2 atom stereocenters. The molecule has 26 heavy (non-hydrogen) atoms. The van der Waals surface area contributed by atoms with Gasteiger partial charge in [-0.25, -0.2) is 0 Å². The molecule has 2 aromatic heterocycles. The van der Waals surface area contributed by atoms with E-state index in [2.05, 4.69) is 15.6 Å². The monoisotopic (exact) mass is 356 g/mol. The standard InChI is InChI=1S/C18H20N4O4/c1-22-15(5-7-19-22)18-13(6-8-25-18)20-17(23)10-14-12-9-11(24-2)3-4-16(12)26-21-14/h3-5,7,9,13,18H,6,8,10H2,1-2H3,(H,20,23)/t13-,18-/m0/s1. The Morgan fingerprint density at radius 2 is 2.31 bits per heavy atom. The normalized spacial score (nSPS) is 19.8. The molecule has 1 fully saturated rings. The van der Waals surface area contributed by atoms with Crippen LogP contribution >= 0.6 is 0 Å². The predicted octanol–water partition coefficient (Wildman–Crippen LogP) is 1.76. The molecule has 4 rings (SSSR count). The number of aromatic nitrogens is 3. The molecule has 0 radical (unpaired) electrons. The number of aryl methyl sites for hydroxylation is 1. The Morgan fingerprint density at radius 3 is 3.08 bits per heavy atom. The van der Waals surface area contributed by atoms with E-state index in [-0.39, 0.29) is 24.5 Å². The first kappa shape index (κ1) is 16.6. The fourth-order valence-corrected chi connectivity index (χ4v) is 3.32. The number of amides is 1. The molecule has 0 bridgehead atoms. The van der Waals surface area contributed by atoms with Crippen LogP contribution in [0.5, 0.6) is 5.75 Å². The van der Waals surface area contributed by atoms with Gasteiger partial charge in [-0.2, -0.15) is 5.10 Å². The minimum absolute atomic E-state index is 0.0920. The number of benzene rings is 1. The van der Waals surface area contributed by atoms with Gasteiger partial charge in [-0.3, -0.25) is 9.48 Å². The van der Waals surface area contributed by atoms with Crippen LogP contribution in [0.3, 0.4) is 0 Å². The lowest BCUT2D eigenvalue weighted by Crippen LogP contribution is -2.38. The number of fused-ring (bicyclic) bond motifs is 1. The van der Waals surface area contributed by atoms with Crippen molar-refractivity contribution in [2.45, 2.75) is 25.0 Å². The number of methoxy groups -OCH3 is 1. The van der Waals surface area contributed by atoms with Gasteiger partial charge < -0.3 is 19.3 Å². The van der Waals surface area contributed by atoms with Crippen LogP contribution in [-0.4, -0.2) is 40.6 Å². The van der Waals surface area contributed by atoms with Gasteiger partial charge in [0.05, 0.1) is 25.3 Å². The molecule has 1 aliphatic rings. The molecule has 0 spiro atoms. The van der Waals surface area contributed by atoms with Crippen molar-refractivity contribution in [3.8, 4) is 5.75 Å². The van der Waals surface area contributed by atoms with Crippen LogP contribution in [0.1, 0.15) is 23.9 Å². The molecule has 0 saturated carbocycles. The van der Waals surface area contributed by atoms with Crippen LogP contribution in [0, 0.1) is 0 Å². The molecule has 136 valence electrons. The van der Waals surface area contributed by atoms with E-state index >= 15 is 0 Å². The molecule has 3 heterocycles. The molecule has 1 aromatic carbocycles. The molecular weight excluding hydrogens is 336 g/mol. The predicted molar refractivity (Wildman–Crippen MR) is 92.7 cm³/mol. The highest BCUT2D eigenvalue weighted by Crippen LogP contribution is 2.29. The minimum Gasteiger partial charge on any atom is -0.497 e. The third-order valence-corrected chi connectivity index (χ3v) is 4.67. The van der Waals surface area contributed by atoms with Gasteiger partial charge >= 0.3 is 0 Å². The topological polar surface area (TPSA) is 91.4 Å². The van der Waals surface area contributed by atoms with Crippen molar-refractivity contribution in [1.29, 1.82) is 0 Å². The van der Waals surface area contributed by atoms with Crippen molar-refractivity contribution in [3.63, 3.8) is 0 Å². The van der Waals surface area contributed by atoms with E-state index in [1.807, 2.05) is 19.2 Å². The molecule has 1 saturated heterocycles. The zero-order valence-corrected chi connectivity index (χ0v) is 14.6. The Bertz CT molecular complexity index is 932. The minimum atomic E-state index is -0.194. The molecule has 3 aromatic rings. The maximum Gasteiger partial charge on any atom is 0.226 e. The number of carbonyl (C=O) groups is 1. The average Bonchev–Trinajstić information content (AvgIpc) is 3.35. The van der Waals surface area contributed by atoms with Crippen LogP contribution in [-0.2, 0) is 23.0 Å². The number of nitrogens with zero attached hydrogens (tertiary/aromatic N) is 3. The van der Waals surface area contributed by atoms with Gasteiger partial charge in [-0.05, 0) is 30.7 Å². The summed E-state index contributed by atoms with van der Waals surface area (Å²) in [6.07, 6.45) is 2.43. The first-order valence-corrected chi connectivity index (χ1v) is 8.47. The average molecular weight is 356 g/mol. The Kier molecular flexibility index (Phi) is 4.34. The Balaban J connectivity index is 1.48. The largest absolute Gasteiger partial charge is 0.497 e. The Morgan fingerprint density at radius 1 is 1.42 bits per heavy atom. The van der Waals surface area contributed by atoms with Gasteiger partial charge in [0.2, 0.25) is 5.91 Å². The summed E-state index contributed by atoms with van der Waals surface area (Å²) < 4.78 is 18.1. The summed E-state index contributed by atoms with van der Waals surface area (Å²) in [5.41, 5.74) is 2.17. The number of nitrogens with one attached hydrogen (secondary N) is 1. The van der Waals surface area contributed by atoms with E-state index < -0.39 is 0 Å². The van der Waals surface area contributed by atoms with Crippen LogP contribution in [0.15, 0.2) is 35.0 Å². The van der Waals surface area contributed by atoms with Crippen molar-refractivity contribution < 1.29 is 18.8 Å². The molecule has 1 aliphatic heterocycles. The summed E-state index contributed by atoms with van der Waals surface area (Å²) in [5, 5.41) is 12.0. The zero-order valence-electron chi connectivity index (χ0n) is 14.6. The van der Waals surface area contributed by atoms with Crippen LogP contribution in [0.4, 0.5) is 0 Å². The van der Waals surface area contributed by atoms with Gasteiger partial charge in [-0.1, -0.05) is 5.16 Å². The van der Waals surface area contributed by atoms with Gasteiger partial charge in [0.1, 0.15) is 17.5 Å². The van der Waals surface area contributed by atoms with Gasteiger partial charge in [0.25, 0.3) is 0 Å². The van der Waals surface area contributed by atoms with Crippen molar-refractivity contribution in [3.05, 3.63) is 41.9 Å². The van der Waals surface area contributed by atoms with E-state index in [1.54, 1.807) is 30.1 Å². The van der Waals surface area contributed by atoms with Gasteiger partial charge in [0, 0.05) is 25.2 Å². The van der Waals surface area contributed by atoms with Gasteiger partial charge in [0.15, 0.2) is 5.58 Å². The van der Waals surface area contributed by atoms with E-state index in [0.29, 0.717) is 23.6 Å². The van der Waals surface area contributed by atoms with Crippen molar-refractivity contribution >= 4 is 16.9 Å². The lowest BCUT2D eigenvalue weighted by molar-refractivity contribution is -0.121. The van der Waals surface area contributed by atoms with E-state index in [4.69, 9.17) is 14.0 Å². The molecular formula is C18H20N4O4. The quantitative estimate of drug-likeness (QED) is 0.749. The number of rotatable bonds is 5.